The van der Waals surface area contributed by atoms with E-state index in [2.05, 4.69) is 39.3 Å². The zero-order chi connectivity index (χ0) is 26.1. The zero-order valence-electron chi connectivity index (χ0n) is 21.5. The van der Waals surface area contributed by atoms with Gasteiger partial charge in [0.05, 0.1) is 12.7 Å². The normalized spacial score (nSPS) is 13.5. The lowest BCUT2D eigenvalue weighted by Gasteiger charge is -2.42. The van der Waals surface area contributed by atoms with Crippen LogP contribution < -0.4 is 5.43 Å². The summed E-state index contributed by atoms with van der Waals surface area (Å²) in [5.41, 5.74) is 4.04. The van der Waals surface area contributed by atoms with Gasteiger partial charge in [-0.25, -0.2) is 20.0 Å². The van der Waals surface area contributed by atoms with Gasteiger partial charge in [0.1, 0.15) is 19.3 Å². The molecule has 2 amide bonds. The lowest BCUT2D eigenvalue weighted by Crippen LogP contribution is -2.59. The number of aliphatic hydroxyl groups is 1. The first-order valence-electron chi connectivity index (χ1n) is 11.7. The fourth-order valence-corrected chi connectivity index (χ4v) is 4.51. The summed E-state index contributed by atoms with van der Waals surface area (Å²) in [4.78, 5) is 25.7. The average molecular weight is 503 g/mol. The molecule has 0 aliphatic heterocycles. The molecule has 9 heteroatoms. The monoisotopic (exact) mass is 502 g/mol. The summed E-state index contributed by atoms with van der Waals surface area (Å²) in [7, 11) is -2.23. The third kappa shape index (κ3) is 8.68. The van der Waals surface area contributed by atoms with E-state index in [-0.39, 0.29) is 18.3 Å². The summed E-state index contributed by atoms with van der Waals surface area (Å²) in [5.74, 6) is 0. The summed E-state index contributed by atoms with van der Waals surface area (Å²) in [5, 5.41) is 11.1. The largest absolute Gasteiger partial charge is 0.443 e. The van der Waals surface area contributed by atoms with Crippen molar-refractivity contribution in [1.29, 1.82) is 0 Å². The van der Waals surface area contributed by atoms with Gasteiger partial charge < -0.3 is 19.0 Å². The molecule has 0 unspecified atom stereocenters. The van der Waals surface area contributed by atoms with Gasteiger partial charge in [0, 0.05) is 0 Å². The lowest BCUT2D eigenvalue weighted by atomic mass is 10.2. The third-order valence-electron chi connectivity index (χ3n) is 6.17. The van der Waals surface area contributed by atoms with Gasteiger partial charge in [-0.2, -0.15) is 0 Å². The summed E-state index contributed by atoms with van der Waals surface area (Å²) in [6.45, 7) is 11.8. The fraction of sp³-hybridized carbons (Fsp3) is 0.462. The molecular formula is C26H38N2O6Si. The summed E-state index contributed by atoms with van der Waals surface area (Å²) >= 11 is 0. The van der Waals surface area contributed by atoms with Gasteiger partial charge in [0.15, 0.2) is 8.32 Å². The van der Waals surface area contributed by atoms with Crippen molar-refractivity contribution in [3.63, 3.8) is 0 Å². The van der Waals surface area contributed by atoms with E-state index >= 15 is 0 Å². The molecule has 0 bridgehead atoms. The van der Waals surface area contributed by atoms with Crippen molar-refractivity contribution in [2.75, 3.05) is 6.61 Å². The predicted octanol–water partition coefficient (Wildman–Crippen LogP) is 5.24. The highest BCUT2D eigenvalue weighted by molar-refractivity contribution is 6.74. The number of nitrogens with zero attached hydrogens (tertiary/aromatic N) is 1. The Labute approximate surface area is 209 Å². The van der Waals surface area contributed by atoms with Crippen molar-refractivity contribution in [2.45, 2.75) is 71.2 Å². The van der Waals surface area contributed by atoms with Crippen LogP contribution in [-0.2, 0) is 27.1 Å². The van der Waals surface area contributed by atoms with Crippen LogP contribution in [0.5, 0.6) is 0 Å². The molecule has 2 rings (SSSR count). The second-order valence-corrected chi connectivity index (χ2v) is 14.7. The van der Waals surface area contributed by atoms with Crippen LogP contribution in [-0.4, -0.2) is 49.4 Å². The van der Waals surface area contributed by atoms with E-state index in [9.17, 15) is 14.7 Å². The van der Waals surface area contributed by atoms with E-state index in [1.54, 1.807) is 6.92 Å². The van der Waals surface area contributed by atoms with Crippen molar-refractivity contribution in [3.05, 3.63) is 71.8 Å². The Balaban J connectivity index is 2.17. The van der Waals surface area contributed by atoms with Gasteiger partial charge in [-0.3, -0.25) is 0 Å². The number of carbonyl (C=O) groups excluding carboxylic acids is 2. The molecule has 8 nitrogen and oxygen atoms in total. The van der Waals surface area contributed by atoms with E-state index in [1.807, 2.05) is 60.7 Å². The molecule has 0 fully saturated rings. The van der Waals surface area contributed by atoms with E-state index in [0.717, 1.165) is 16.1 Å². The number of rotatable bonds is 9. The maximum atomic E-state index is 13.1. The Hall–Kier alpha value is -2.88. The second kappa shape index (κ2) is 12.7. The molecule has 192 valence electrons. The fourth-order valence-electron chi connectivity index (χ4n) is 3.07. The Morgan fingerprint density at radius 1 is 0.943 bits per heavy atom. The number of nitrogens with one attached hydrogen (secondary N) is 1. The minimum atomic E-state index is -2.23. The van der Waals surface area contributed by atoms with Crippen LogP contribution in [0.3, 0.4) is 0 Å². The number of carbonyl (C=O) groups is 2. The summed E-state index contributed by atoms with van der Waals surface area (Å²) in [6.07, 6.45) is -2.25. The van der Waals surface area contributed by atoms with Crippen LogP contribution in [0.2, 0.25) is 18.1 Å². The van der Waals surface area contributed by atoms with Gasteiger partial charge in [0.25, 0.3) is 0 Å². The van der Waals surface area contributed by atoms with Gasteiger partial charge in [-0.15, -0.1) is 0 Å². The number of amides is 2. The highest BCUT2D eigenvalue weighted by Crippen LogP contribution is 2.37. The van der Waals surface area contributed by atoms with Crippen molar-refractivity contribution in [2.24, 2.45) is 0 Å². The van der Waals surface area contributed by atoms with Crippen LogP contribution >= 0.6 is 0 Å². The summed E-state index contributed by atoms with van der Waals surface area (Å²) < 4.78 is 17.1. The smallest absolute Gasteiger partial charge is 0.429 e. The molecule has 2 N–H and O–H groups in total. The average Bonchev–Trinajstić information content (AvgIpc) is 2.81. The Morgan fingerprint density at radius 2 is 1.43 bits per heavy atom. The molecule has 0 spiro atoms. The molecule has 0 saturated carbocycles. The van der Waals surface area contributed by atoms with E-state index in [1.165, 1.54) is 0 Å². The first-order valence-corrected chi connectivity index (χ1v) is 14.6. The first kappa shape index (κ1) is 28.4. The van der Waals surface area contributed by atoms with Crippen LogP contribution in [0.25, 0.3) is 0 Å². The Morgan fingerprint density at radius 3 is 1.89 bits per heavy atom. The maximum absolute atomic E-state index is 13.1. The highest BCUT2D eigenvalue weighted by Gasteiger charge is 2.41. The SMILES string of the molecule is C[C@H](O[Si](C)(C)C(C)(C)C)[C@H](CO)N(NC(=O)OCc1ccccc1)C(=O)OCc1ccccc1. The standard InChI is InChI=1S/C26H38N2O6Si/c1-20(34-35(5,6)26(2,3)4)23(17-29)28(25(31)33-19-22-15-11-8-12-16-22)27-24(30)32-18-21-13-9-7-10-14-21/h7-16,20,23,29H,17-19H2,1-6H3,(H,27,30)/t20-,23-/m0/s1. The quantitative estimate of drug-likeness (QED) is 0.360. The topological polar surface area (TPSA) is 97.3 Å². The van der Waals surface area contributed by atoms with Crippen LogP contribution in [0, 0.1) is 0 Å². The van der Waals surface area contributed by atoms with Gasteiger partial charge in [-0.1, -0.05) is 81.4 Å². The molecule has 2 atom stereocenters. The molecule has 2 aromatic rings. The number of hydrazine groups is 1. The second-order valence-electron chi connectivity index (χ2n) is 9.92. The number of aliphatic hydroxyl groups excluding tert-OH is 1. The van der Waals surface area contributed by atoms with E-state index in [4.69, 9.17) is 13.9 Å². The molecule has 35 heavy (non-hydrogen) atoms. The molecule has 0 radical (unpaired) electrons. The molecule has 2 aromatic carbocycles. The van der Waals surface area contributed by atoms with E-state index in [0.29, 0.717) is 0 Å². The first-order chi connectivity index (χ1) is 16.4. The van der Waals surface area contributed by atoms with Gasteiger partial charge in [0.2, 0.25) is 0 Å². The molecule has 0 saturated heterocycles. The maximum Gasteiger partial charge on any atom is 0.429 e. The number of benzene rings is 2. The minimum Gasteiger partial charge on any atom is -0.443 e. The molecule has 0 aliphatic rings. The molecular weight excluding hydrogens is 464 g/mol. The van der Waals surface area contributed by atoms with Crippen LogP contribution in [0.15, 0.2) is 60.7 Å². The van der Waals surface area contributed by atoms with Crippen molar-refractivity contribution < 1.29 is 28.6 Å². The van der Waals surface area contributed by atoms with Crippen molar-refractivity contribution in [3.8, 4) is 0 Å². The number of hydrogen-bond donors (Lipinski definition) is 2. The number of ether oxygens (including phenoxy) is 2. The third-order valence-corrected chi connectivity index (χ3v) is 10.7. The molecule has 0 aromatic heterocycles. The Kier molecular flexibility index (Phi) is 10.3. The molecule has 0 aliphatic carbocycles. The van der Waals surface area contributed by atoms with Gasteiger partial charge >= 0.3 is 12.2 Å². The van der Waals surface area contributed by atoms with Crippen LogP contribution in [0.1, 0.15) is 38.8 Å². The molecule has 0 heterocycles. The highest BCUT2D eigenvalue weighted by atomic mass is 28.4. The van der Waals surface area contributed by atoms with Crippen molar-refractivity contribution >= 4 is 20.5 Å². The summed E-state index contributed by atoms with van der Waals surface area (Å²) in [6, 6.07) is 17.5. The van der Waals surface area contributed by atoms with Crippen molar-refractivity contribution in [1.82, 2.24) is 10.4 Å². The van der Waals surface area contributed by atoms with Crippen LogP contribution in [0.4, 0.5) is 9.59 Å². The number of hydrogen-bond acceptors (Lipinski definition) is 6. The predicted molar refractivity (Wildman–Crippen MR) is 137 cm³/mol. The Bertz CT molecular complexity index is 934. The van der Waals surface area contributed by atoms with Gasteiger partial charge in [-0.05, 0) is 36.2 Å². The lowest BCUT2D eigenvalue weighted by molar-refractivity contribution is -0.00582. The minimum absolute atomic E-state index is 0.00649. The van der Waals surface area contributed by atoms with E-state index < -0.39 is 39.3 Å². The zero-order valence-corrected chi connectivity index (χ0v) is 22.5.